The molecule has 1 aromatic rings. The molecule has 0 aliphatic carbocycles. The number of rotatable bonds is 5. The van der Waals surface area contributed by atoms with Crippen molar-refractivity contribution in [1.82, 2.24) is 0 Å². The Morgan fingerprint density at radius 1 is 1.33 bits per heavy atom. The number of hydrogen-bond acceptors (Lipinski definition) is 2. The van der Waals surface area contributed by atoms with E-state index in [0.717, 1.165) is 16.0 Å². The van der Waals surface area contributed by atoms with Gasteiger partial charge in [-0.05, 0) is 30.2 Å². The summed E-state index contributed by atoms with van der Waals surface area (Å²) in [6.07, 6.45) is 3.60. The van der Waals surface area contributed by atoms with E-state index >= 15 is 0 Å². The van der Waals surface area contributed by atoms with Crippen LogP contribution in [0.5, 0.6) is 0 Å². The molecule has 1 aromatic carbocycles. The molecule has 0 aliphatic heterocycles. The minimum absolute atomic E-state index is 0.188. The summed E-state index contributed by atoms with van der Waals surface area (Å²) >= 11 is 1.55. The first kappa shape index (κ1) is 11.8. The molecule has 0 N–H and O–H groups in total. The van der Waals surface area contributed by atoms with Gasteiger partial charge in [0.15, 0.2) is 0 Å². The van der Waals surface area contributed by atoms with Gasteiger partial charge in [-0.2, -0.15) is 0 Å². The average Bonchev–Trinajstić information content (AvgIpc) is 2.25. The van der Waals surface area contributed by atoms with Crippen molar-refractivity contribution in [1.29, 1.82) is 0 Å². The molecule has 1 nitrogen and oxygen atoms in total. The summed E-state index contributed by atoms with van der Waals surface area (Å²) < 4.78 is 0. The van der Waals surface area contributed by atoms with Crippen molar-refractivity contribution in [2.45, 2.75) is 11.8 Å². The van der Waals surface area contributed by atoms with Crippen LogP contribution in [0.2, 0.25) is 0 Å². The van der Waals surface area contributed by atoms with Crippen molar-refractivity contribution in [3.05, 3.63) is 42.5 Å². The fourth-order valence-corrected chi connectivity index (χ4v) is 1.93. The normalized spacial score (nSPS) is 9.67. The molecule has 0 spiro atoms. The highest BCUT2D eigenvalue weighted by atomic mass is 32.2. The SMILES string of the molecule is C=Cc1ccc(SCC(C)=O)cc1C=C. The second-order valence-electron chi connectivity index (χ2n) is 3.19. The zero-order valence-electron chi connectivity index (χ0n) is 8.82. The van der Waals surface area contributed by atoms with E-state index in [9.17, 15) is 4.79 Å². The van der Waals surface area contributed by atoms with Crippen LogP contribution >= 0.6 is 11.8 Å². The molecule has 0 bridgehead atoms. The van der Waals surface area contributed by atoms with Gasteiger partial charge < -0.3 is 0 Å². The van der Waals surface area contributed by atoms with E-state index in [1.54, 1.807) is 30.8 Å². The van der Waals surface area contributed by atoms with Gasteiger partial charge in [0.1, 0.15) is 5.78 Å². The summed E-state index contributed by atoms with van der Waals surface area (Å²) in [5.41, 5.74) is 2.12. The van der Waals surface area contributed by atoms with Crippen LogP contribution in [0.1, 0.15) is 18.1 Å². The lowest BCUT2D eigenvalue weighted by molar-refractivity contribution is -0.114. The molecule has 0 fully saturated rings. The maximum absolute atomic E-state index is 10.8. The summed E-state index contributed by atoms with van der Waals surface area (Å²) in [5.74, 6) is 0.706. The zero-order valence-corrected chi connectivity index (χ0v) is 9.64. The van der Waals surface area contributed by atoms with Crippen LogP contribution in [0.25, 0.3) is 12.2 Å². The van der Waals surface area contributed by atoms with Crippen molar-refractivity contribution in [3.8, 4) is 0 Å². The van der Waals surface area contributed by atoms with Crippen molar-refractivity contribution in [3.63, 3.8) is 0 Å². The van der Waals surface area contributed by atoms with Crippen LogP contribution in [0.4, 0.5) is 0 Å². The first-order chi connectivity index (χ1) is 7.17. The topological polar surface area (TPSA) is 17.1 Å². The van der Waals surface area contributed by atoms with Gasteiger partial charge in [0, 0.05) is 4.90 Å². The second kappa shape index (κ2) is 5.56. The zero-order chi connectivity index (χ0) is 11.3. The largest absolute Gasteiger partial charge is 0.299 e. The van der Waals surface area contributed by atoms with Crippen molar-refractivity contribution in [2.75, 3.05) is 5.75 Å². The van der Waals surface area contributed by atoms with Gasteiger partial charge in [0.2, 0.25) is 0 Å². The smallest absolute Gasteiger partial charge is 0.140 e. The molecule has 0 atom stereocenters. The van der Waals surface area contributed by atoms with Gasteiger partial charge >= 0.3 is 0 Å². The molecule has 0 saturated heterocycles. The lowest BCUT2D eigenvalue weighted by Crippen LogP contribution is -1.93. The summed E-state index contributed by atoms with van der Waals surface area (Å²) in [4.78, 5) is 11.9. The van der Waals surface area contributed by atoms with Crippen molar-refractivity contribution in [2.24, 2.45) is 0 Å². The molecule has 0 aliphatic rings. The molecular weight excluding hydrogens is 204 g/mol. The number of carbonyl (C=O) groups is 1. The molecule has 0 unspecified atom stereocenters. The van der Waals surface area contributed by atoms with Gasteiger partial charge in [0.05, 0.1) is 5.75 Å². The van der Waals surface area contributed by atoms with Gasteiger partial charge in [-0.15, -0.1) is 11.8 Å². The molecule has 0 radical (unpaired) electrons. The molecule has 2 heteroatoms. The highest BCUT2D eigenvalue weighted by molar-refractivity contribution is 8.00. The second-order valence-corrected chi connectivity index (χ2v) is 4.24. The van der Waals surface area contributed by atoms with Crippen LogP contribution in [0, 0.1) is 0 Å². The third-order valence-electron chi connectivity index (χ3n) is 1.94. The van der Waals surface area contributed by atoms with E-state index in [1.807, 2.05) is 18.2 Å². The molecule has 15 heavy (non-hydrogen) atoms. The monoisotopic (exact) mass is 218 g/mol. The van der Waals surface area contributed by atoms with Crippen molar-refractivity contribution >= 4 is 29.7 Å². The Morgan fingerprint density at radius 3 is 2.53 bits per heavy atom. The van der Waals surface area contributed by atoms with Crippen LogP contribution in [-0.2, 0) is 4.79 Å². The number of benzene rings is 1. The molecule has 0 heterocycles. The molecule has 0 aromatic heterocycles. The maximum atomic E-state index is 10.8. The van der Waals surface area contributed by atoms with E-state index in [1.165, 1.54) is 0 Å². The molecule has 0 saturated carbocycles. The fourth-order valence-electron chi connectivity index (χ4n) is 1.19. The lowest BCUT2D eigenvalue weighted by atomic mass is 10.1. The summed E-state index contributed by atoms with van der Waals surface area (Å²) in [5, 5.41) is 0. The lowest BCUT2D eigenvalue weighted by Gasteiger charge is -2.04. The van der Waals surface area contributed by atoms with E-state index in [2.05, 4.69) is 13.2 Å². The Labute approximate surface area is 94.9 Å². The number of Topliss-reactive ketones (excluding diaryl/α,β-unsaturated/α-hetero) is 1. The molecule has 78 valence electrons. The first-order valence-corrected chi connectivity index (χ1v) is 5.67. The third-order valence-corrected chi connectivity index (χ3v) is 3.08. The number of carbonyl (C=O) groups excluding carboxylic acids is 1. The minimum Gasteiger partial charge on any atom is -0.299 e. The van der Waals surface area contributed by atoms with E-state index in [-0.39, 0.29) is 5.78 Å². The predicted molar refractivity (Wildman–Crippen MR) is 68.0 cm³/mol. The van der Waals surface area contributed by atoms with E-state index in [4.69, 9.17) is 0 Å². The summed E-state index contributed by atoms with van der Waals surface area (Å²) in [6, 6.07) is 6.02. The van der Waals surface area contributed by atoms with Gasteiger partial charge in [-0.3, -0.25) is 4.79 Å². The molecular formula is C13H14OS. The van der Waals surface area contributed by atoms with Gasteiger partial charge in [-0.25, -0.2) is 0 Å². The highest BCUT2D eigenvalue weighted by Gasteiger charge is 2.00. The van der Waals surface area contributed by atoms with E-state index < -0.39 is 0 Å². The Balaban J connectivity index is 2.88. The number of hydrogen-bond donors (Lipinski definition) is 0. The van der Waals surface area contributed by atoms with Crippen LogP contribution in [0.15, 0.2) is 36.3 Å². The van der Waals surface area contributed by atoms with E-state index in [0.29, 0.717) is 5.75 Å². The highest BCUT2D eigenvalue weighted by Crippen LogP contribution is 2.23. The van der Waals surface area contributed by atoms with Gasteiger partial charge in [0.25, 0.3) is 0 Å². The molecule has 1 rings (SSSR count). The fraction of sp³-hybridized carbons (Fsp3) is 0.154. The van der Waals surface area contributed by atoms with Crippen LogP contribution in [0.3, 0.4) is 0 Å². The Morgan fingerprint density at radius 2 is 2.00 bits per heavy atom. The summed E-state index contributed by atoms with van der Waals surface area (Å²) in [7, 11) is 0. The number of ketones is 1. The average molecular weight is 218 g/mol. The minimum atomic E-state index is 0.188. The maximum Gasteiger partial charge on any atom is 0.140 e. The molecule has 0 amide bonds. The Bertz CT molecular complexity index is 394. The standard InChI is InChI=1S/C13H14OS/c1-4-11-6-7-13(8-12(11)5-2)15-9-10(3)14/h4-8H,1-2,9H2,3H3. The Kier molecular flexibility index (Phi) is 4.37. The Hall–Kier alpha value is -1.28. The van der Waals surface area contributed by atoms with Gasteiger partial charge in [-0.1, -0.05) is 31.4 Å². The van der Waals surface area contributed by atoms with Crippen LogP contribution in [-0.4, -0.2) is 11.5 Å². The predicted octanol–water partition coefficient (Wildman–Crippen LogP) is 3.65. The quantitative estimate of drug-likeness (QED) is 0.702. The van der Waals surface area contributed by atoms with Crippen molar-refractivity contribution < 1.29 is 4.79 Å². The third kappa shape index (κ3) is 3.40. The summed E-state index contributed by atoms with van der Waals surface area (Å²) in [6.45, 7) is 9.08. The first-order valence-electron chi connectivity index (χ1n) is 4.68. The van der Waals surface area contributed by atoms with Crippen LogP contribution < -0.4 is 0 Å². The number of thioether (sulfide) groups is 1.